The Morgan fingerprint density at radius 1 is 1.18 bits per heavy atom. The first-order valence-electron chi connectivity index (χ1n) is 8.53. The lowest BCUT2D eigenvalue weighted by atomic mass is 9.92. The Morgan fingerprint density at radius 3 is 2.36 bits per heavy atom. The summed E-state index contributed by atoms with van der Waals surface area (Å²) in [5, 5.41) is 3.76. The molecule has 128 valence electrons. The third-order valence-corrected chi connectivity index (χ3v) is 4.32. The first-order chi connectivity index (χ1) is 10.1. The highest BCUT2D eigenvalue weighted by Crippen LogP contribution is 2.25. The van der Waals surface area contributed by atoms with E-state index in [-0.39, 0.29) is 11.7 Å². The molecule has 2 saturated heterocycles. The Hall–Kier alpha value is -0.810. The molecule has 0 radical (unpaired) electrons. The highest BCUT2D eigenvalue weighted by molar-refractivity contribution is 5.68. The number of hydrogen-bond acceptors (Lipinski definition) is 4. The van der Waals surface area contributed by atoms with Gasteiger partial charge in [0.05, 0.1) is 5.60 Å². The molecule has 2 aliphatic rings. The van der Waals surface area contributed by atoms with Gasteiger partial charge in [-0.1, -0.05) is 0 Å². The van der Waals surface area contributed by atoms with Gasteiger partial charge < -0.3 is 19.7 Å². The summed E-state index contributed by atoms with van der Waals surface area (Å²) in [6.07, 6.45) is 3.95. The second-order valence-electron chi connectivity index (χ2n) is 8.21. The molecular weight excluding hydrogens is 280 g/mol. The second-order valence-corrected chi connectivity index (χ2v) is 8.21. The van der Waals surface area contributed by atoms with Gasteiger partial charge in [-0.3, -0.25) is 0 Å². The summed E-state index contributed by atoms with van der Waals surface area (Å²) in [7, 11) is 0. The molecule has 1 atom stereocenters. The summed E-state index contributed by atoms with van der Waals surface area (Å²) in [6, 6.07) is 1.03. The zero-order valence-corrected chi connectivity index (χ0v) is 14.8. The Balaban J connectivity index is 1.74. The van der Waals surface area contributed by atoms with Crippen molar-refractivity contribution in [3.8, 4) is 0 Å². The van der Waals surface area contributed by atoms with Crippen LogP contribution in [0, 0.1) is 0 Å². The van der Waals surface area contributed by atoms with Gasteiger partial charge in [-0.15, -0.1) is 0 Å². The second kappa shape index (κ2) is 6.75. The number of piperidine rings is 1. The lowest BCUT2D eigenvalue weighted by Crippen LogP contribution is -2.51. The highest BCUT2D eigenvalue weighted by Gasteiger charge is 2.32. The number of likely N-dealkylation sites (tertiary alicyclic amines) is 1. The first-order valence-corrected chi connectivity index (χ1v) is 8.53. The van der Waals surface area contributed by atoms with Crippen molar-refractivity contribution in [1.29, 1.82) is 0 Å². The minimum Gasteiger partial charge on any atom is -0.444 e. The molecule has 1 N–H and O–H groups in total. The summed E-state index contributed by atoms with van der Waals surface area (Å²) >= 11 is 0. The smallest absolute Gasteiger partial charge is 0.410 e. The Labute approximate surface area is 134 Å². The Morgan fingerprint density at radius 2 is 1.82 bits per heavy atom. The molecule has 1 amide bonds. The van der Waals surface area contributed by atoms with E-state index in [1.807, 2.05) is 25.7 Å². The minimum atomic E-state index is -0.417. The molecule has 2 aliphatic heterocycles. The SMILES string of the molecule is CC(C)(C)OC(=O)N1CCC(NC2CCOC(C)(C)C2)CC1. The van der Waals surface area contributed by atoms with Gasteiger partial charge in [0.2, 0.25) is 0 Å². The third kappa shape index (κ3) is 5.43. The fourth-order valence-corrected chi connectivity index (χ4v) is 3.26. The first kappa shape index (κ1) is 17.5. The average molecular weight is 312 g/mol. The summed E-state index contributed by atoms with van der Waals surface area (Å²) in [5.41, 5.74) is -0.438. The Kier molecular flexibility index (Phi) is 5.38. The van der Waals surface area contributed by atoms with Crippen LogP contribution in [0.3, 0.4) is 0 Å². The van der Waals surface area contributed by atoms with Crippen molar-refractivity contribution in [3.05, 3.63) is 0 Å². The fraction of sp³-hybridized carbons (Fsp3) is 0.941. The number of nitrogens with one attached hydrogen (secondary N) is 1. The molecule has 0 saturated carbocycles. The number of hydrogen-bond donors (Lipinski definition) is 1. The number of nitrogens with zero attached hydrogens (tertiary/aromatic N) is 1. The maximum absolute atomic E-state index is 12.1. The Bertz CT molecular complexity index is 382. The normalized spacial score (nSPS) is 26.8. The number of rotatable bonds is 2. The maximum Gasteiger partial charge on any atom is 0.410 e. The average Bonchev–Trinajstić information content (AvgIpc) is 2.36. The summed E-state index contributed by atoms with van der Waals surface area (Å²) < 4.78 is 11.2. The lowest BCUT2D eigenvalue weighted by molar-refractivity contribution is -0.0649. The van der Waals surface area contributed by atoms with Gasteiger partial charge in [-0.2, -0.15) is 0 Å². The van der Waals surface area contributed by atoms with Gasteiger partial charge in [0.15, 0.2) is 0 Å². The van der Waals surface area contributed by atoms with E-state index in [0.29, 0.717) is 12.1 Å². The van der Waals surface area contributed by atoms with Crippen LogP contribution in [0.2, 0.25) is 0 Å². The molecule has 2 heterocycles. The van der Waals surface area contributed by atoms with Crippen LogP contribution >= 0.6 is 0 Å². The van der Waals surface area contributed by atoms with Crippen LogP contribution in [0.15, 0.2) is 0 Å². The van der Waals surface area contributed by atoms with Crippen LogP contribution in [0.5, 0.6) is 0 Å². The van der Waals surface area contributed by atoms with Gasteiger partial charge in [0, 0.05) is 31.8 Å². The van der Waals surface area contributed by atoms with Crippen molar-refractivity contribution in [2.45, 2.75) is 83.6 Å². The zero-order valence-electron chi connectivity index (χ0n) is 14.8. The standard InChI is InChI=1S/C17H32N2O3/c1-16(2,3)22-15(20)19-9-6-13(7-10-19)18-14-8-11-21-17(4,5)12-14/h13-14,18H,6-12H2,1-5H3. The van der Waals surface area contributed by atoms with Gasteiger partial charge in [0.1, 0.15) is 5.60 Å². The van der Waals surface area contributed by atoms with Gasteiger partial charge in [-0.05, 0) is 60.3 Å². The highest BCUT2D eigenvalue weighted by atomic mass is 16.6. The van der Waals surface area contributed by atoms with E-state index in [0.717, 1.165) is 45.4 Å². The molecular formula is C17H32N2O3. The number of carbonyl (C=O) groups is 1. The number of ether oxygens (including phenoxy) is 2. The van der Waals surface area contributed by atoms with Crippen LogP contribution in [0.25, 0.3) is 0 Å². The van der Waals surface area contributed by atoms with Crippen molar-refractivity contribution in [2.75, 3.05) is 19.7 Å². The van der Waals surface area contributed by atoms with Crippen LogP contribution < -0.4 is 5.32 Å². The van der Waals surface area contributed by atoms with Crippen molar-refractivity contribution in [2.24, 2.45) is 0 Å². The van der Waals surface area contributed by atoms with E-state index in [9.17, 15) is 4.79 Å². The molecule has 0 bridgehead atoms. The van der Waals surface area contributed by atoms with Crippen molar-refractivity contribution < 1.29 is 14.3 Å². The molecule has 0 aromatic carbocycles. The molecule has 0 spiro atoms. The van der Waals surface area contributed by atoms with Crippen LogP contribution in [-0.4, -0.2) is 54.0 Å². The van der Waals surface area contributed by atoms with E-state index in [1.165, 1.54) is 0 Å². The molecule has 0 aliphatic carbocycles. The van der Waals surface area contributed by atoms with E-state index in [4.69, 9.17) is 9.47 Å². The predicted molar refractivity (Wildman–Crippen MR) is 87.0 cm³/mol. The molecule has 22 heavy (non-hydrogen) atoms. The van der Waals surface area contributed by atoms with Crippen molar-refractivity contribution in [3.63, 3.8) is 0 Å². The topological polar surface area (TPSA) is 50.8 Å². The number of carbonyl (C=O) groups excluding carboxylic acids is 1. The van der Waals surface area contributed by atoms with Gasteiger partial charge in [-0.25, -0.2) is 4.79 Å². The monoisotopic (exact) mass is 312 g/mol. The van der Waals surface area contributed by atoms with Gasteiger partial charge >= 0.3 is 6.09 Å². The molecule has 5 heteroatoms. The van der Waals surface area contributed by atoms with Crippen molar-refractivity contribution in [1.82, 2.24) is 10.2 Å². The third-order valence-electron chi connectivity index (χ3n) is 4.32. The van der Waals surface area contributed by atoms with Gasteiger partial charge in [0.25, 0.3) is 0 Å². The summed E-state index contributed by atoms with van der Waals surface area (Å²) in [5.74, 6) is 0. The van der Waals surface area contributed by atoms with Crippen molar-refractivity contribution >= 4 is 6.09 Å². The quantitative estimate of drug-likeness (QED) is 0.852. The molecule has 2 fully saturated rings. The fourth-order valence-electron chi connectivity index (χ4n) is 3.26. The van der Waals surface area contributed by atoms with Crippen LogP contribution in [0.1, 0.15) is 60.3 Å². The van der Waals surface area contributed by atoms with E-state index in [1.54, 1.807) is 0 Å². The predicted octanol–water partition coefficient (Wildman–Crippen LogP) is 2.93. The van der Waals surface area contributed by atoms with E-state index in [2.05, 4.69) is 19.2 Å². The molecule has 0 aromatic rings. The van der Waals surface area contributed by atoms with Crippen LogP contribution in [0.4, 0.5) is 4.79 Å². The van der Waals surface area contributed by atoms with E-state index < -0.39 is 5.60 Å². The molecule has 2 rings (SSSR count). The lowest BCUT2D eigenvalue weighted by Gasteiger charge is -2.40. The molecule has 1 unspecified atom stereocenters. The summed E-state index contributed by atoms with van der Waals surface area (Å²) in [4.78, 5) is 13.9. The zero-order chi connectivity index (χ0) is 16.4. The maximum atomic E-state index is 12.1. The largest absolute Gasteiger partial charge is 0.444 e. The minimum absolute atomic E-state index is 0.0207. The van der Waals surface area contributed by atoms with E-state index >= 15 is 0 Å². The summed E-state index contributed by atoms with van der Waals surface area (Å²) in [6.45, 7) is 12.4. The molecule has 5 nitrogen and oxygen atoms in total. The number of amides is 1. The van der Waals surface area contributed by atoms with Crippen LogP contribution in [-0.2, 0) is 9.47 Å². The molecule has 0 aromatic heterocycles.